The smallest absolute Gasteiger partial charge is 0.119 e. The molecule has 1 unspecified atom stereocenters. The van der Waals surface area contributed by atoms with Crippen LogP contribution in [0.3, 0.4) is 0 Å². The van der Waals surface area contributed by atoms with Crippen molar-refractivity contribution in [2.24, 2.45) is 17.6 Å². The van der Waals surface area contributed by atoms with Crippen LogP contribution >= 0.6 is 0 Å². The maximum absolute atomic E-state index is 9.74. The van der Waals surface area contributed by atoms with E-state index in [0.29, 0.717) is 0 Å². The molecule has 0 aliphatic heterocycles. The summed E-state index contributed by atoms with van der Waals surface area (Å²) in [5, 5.41) is 9.74. The maximum Gasteiger partial charge on any atom is 0.119 e. The van der Waals surface area contributed by atoms with Gasteiger partial charge in [-0.05, 0) is 68.6 Å². The number of ether oxygens (including phenoxy) is 1. The van der Waals surface area contributed by atoms with Crippen LogP contribution in [0.5, 0.6) is 5.75 Å². The second-order valence-corrected chi connectivity index (χ2v) is 8.92. The summed E-state index contributed by atoms with van der Waals surface area (Å²) in [7, 11) is 0. The number of rotatable bonds is 12. The molecule has 1 saturated carbocycles. The van der Waals surface area contributed by atoms with E-state index in [2.05, 4.69) is 45.0 Å². The number of hydrogen-bond acceptors (Lipinski definition) is 3. The lowest BCUT2D eigenvalue weighted by molar-refractivity contribution is 0.135. The van der Waals surface area contributed by atoms with E-state index in [9.17, 15) is 5.11 Å². The van der Waals surface area contributed by atoms with Gasteiger partial charge in [0.2, 0.25) is 0 Å². The van der Waals surface area contributed by atoms with Crippen LogP contribution < -0.4 is 10.5 Å². The number of nitrogens with two attached hydrogens (primary N) is 1. The molecule has 1 aliphatic rings. The van der Waals surface area contributed by atoms with Crippen molar-refractivity contribution in [1.29, 1.82) is 0 Å². The third-order valence-electron chi connectivity index (χ3n) is 5.80. The zero-order valence-electron chi connectivity index (χ0n) is 17.0. The highest BCUT2D eigenvalue weighted by molar-refractivity contribution is 5.27. The lowest BCUT2D eigenvalue weighted by atomic mass is 9.75. The summed E-state index contributed by atoms with van der Waals surface area (Å²) in [4.78, 5) is 0. The van der Waals surface area contributed by atoms with Gasteiger partial charge in [0, 0.05) is 5.54 Å². The molecule has 3 heteroatoms. The van der Waals surface area contributed by atoms with Gasteiger partial charge in [0.15, 0.2) is 0 Å². The Hall–Kier alpha value is -1.06. The van der Waals surface area contributed by atoms with Gasteiger partial charge in [-0.3, -0.25) is 0 Å². The summed E-state index contributed by atoms with van der Waals surface area (Å²) in [6.07, 6.45) is 10.4. The highest BCUT2D eigenvalue weighted by Crippen LogP contribution is 2.34. The van der Waals surface area contributed by atoms with E-state index in [1.165, 1.54) is 37.7 Å². The Morgan fingerprint density at radius 2 is 1.85 bits per heavy atom. The minimum absolute atomic E-state index is 0.0819. The topological polar surface area (TPSA) is 55.5 Å². The average Bonchev–Trinajstić information content (AvgIpc) is 2.57. The molecule has 0 bridgehead atoms. The first-order valence-electron chi connectivity index (χ1n) is 10.6. The fourth-order valence-corrected chi connectivity index (χ4v) is 3.75. The van der Waals surface area contributed by atoms with Crippen molar-refractivity contribution >= 4 is 0 Å². The Kier molecular flexibility index (Phi) is 8.43. The molecule has 0 radical (unpaired) electrons. The lowest BCUT2D eigenvalue weighted by Crippen LogP contribution is -2.46. The Bertz CT molecular complexity index is 509. The Morgan fingerprint density at radius 1 is 1.15 bits per heavy atom. The van der Waals surface area contributed by atoms with Crippen molar-refractivity contribution in [2.45, 2.75) is 90.2 Å². The predicted molar refractivity (Wildman–Crippen MR) is 110 cm³/mol. The molecule has 0 spiro atoms. The summed E-state index contributed by atoms with van der Waals surface area (Å²) < 4.78 is 6.03. The third-order valence-corrected chi connectivity index (χ3v) is 5.80. The van der Waals surface area contributed by atoms with Crippen LogP contribution in [0.25, 0.3) is 0 Å². The standard InChI is InChI=1S/C23H39NO2/c1-18(2)6-4-7-19(3)26-22-12-10-20(11-13-22)14-15-23(24,17-25)16-21-8-5-9-21/h10-13,18-19,21,25H,4-9,14-17,24H2,1-3H3/t19-,23?/m0/s1. The summed E-state index contributed by atoms with van der Waals surface area (Å²) in [5.41, 5.74) is 7.28. The van der Waals surface area contributed by atoms with Crippen LogP contribution in [0, 0.1) is 11.8 Å². The van der Waals surface area contributed by atoms with Crippen LogP contribution in [0.4, 0.5) is 0 Å². The molecule has 0 heterocycles. The second kappa shape index (κ2) is 10.3. The summed E-state index contributed by atoms with van der Waals surface area (Å²) in [5.74, 6) is 2.43. The molecule has 148 valence electrons. The van der Waals surface area contributed by atoms with Crippen molar-refractivity contribution < 1.29 is 9.84 Å². The maximum atomic E-state index is 9.74. The molecule has 2 atom stereocenters. The van der Waals surface area contributed by atoms with Gasteiger partial charge in [-0.25, -0.2) is 0 Å². The number of benzene rings is 1. The molecule has 1 fully saturated rings. The van der Waals surface area contributed by atoms with Gasteiger partial charge in [0.25, 0.3) is 0 Å². The average molecular weight is 362 g/mol. The Balaban J connectivity index is 1.75. The number of aliphatic hydroxyl groups is 1. The van der Waals surface area contributed by atoms with E-state index >= 15 is 0 Å². The van der Waals surface area contributed by atoms with Crippen LogP contribution in [-0.4, -0.2) is 23.4 Å². The molecule has 1 aromatic carbocycles. The summed E-state index contributed by atoms with van der Waals surface area (Å²) >= 11 is 0. The summed E-state index contributed by atoms with van der Waals surface area (Å²) in [6.45, 7) is 6.77. The van der Waals surface area contributed by atoms with E-state index in [1.54, 1.807) is 0 Å². The van der Waals surface area contributed by atoms with Gasteiger partial charge in [0.1, 0.15) is 5.75 Å². The van der Waals surface area contributed by atoms with E-state index in [4.69, 9.17) is 10.5 Å². The van der Waals surface area contributed by atoms with Gasteiger partial charge < -0.3 is 15.6 Å². The molecule has 0 aromatic heterocycles. The molecule has 0 amide bonds. The summed E-state index contributed by atoms with van der Waals surface area (Å²) in [6, 6.07) is 8.41. The van der Waals surface area contributed by atoms with Crippen LogP contribution in [-0.2, 0) is 6.42 Å². The first-order chi connectivity index (χ1) is 12.4. The van der Waals surface area contributed by atoms with Crippen molar-refractivity contribution in [3.8, 4) is 5.75 Å². The van der Waals surface area contributed by atoms with Crippen molar-refractivity contribution in [2.75, 3.05) is 6.61 Å². The second-order valence-electron chi connectivity index (χ2n) is 8.92. The number of aliphatic hydroxyl groups excluding tert-OH is 1. The lowest BCUT2D eigenvalue weighted by Gasteiger charge is -2.35. The molecule has 3 nitrogen and oxygen atoms in total. The minimum atomic E-state index is -0.425. The Labute approximate surface area is 160 Å². The molecule has 1 aromatic rings. The molecule has 26 heavy (non-hydrogen) atoms. The fourth-order valence-electron chi connectivity index (χ4n) is 3.75. The quantitative estimate of drug-likeness (QED) is 0.545. The normalized spacial score (nSPS) is 18.4. The first kappa shape index (κ1) is 21.2. The molecular weight excluding hydrogens is 322 g/mol. The predicted octanol–water partition coefficient (Wildman–Crippen LogP) is 5.09. The van der Waals surface area contributed by atoms with E-state index in [-0.39, 0.29) is 12.7 Å². The zero-order chi connectivity index (χ0) is 19.0. The van der Waals surface area contributed by atoms with E-state index in [1.807, 2.05) is 0 Å². The van der Waals surface area contributed by atoms with E-state index < -0.39 is 5.54 Å². The largest absolute Gasteiger partial charge is 0.491 e. The zero-order valence-corrected chi connectivity index (χ0v) is 17.0. The molecule has 1 aliphatic carbocycles. The molecular formula is C23H39NO2. The van der Waals surface area contributed by atoms with Gasteiger partial charge in [-0.1, -0.05) is 51.7 Å². The van der Waals surface area contributed by atoms with E-state index in [0.717, 1.165) is 43.3 Å². The van der Waals surface area contributed by atoms with Gasteiger partial charge >= 0.3 is 0 Å². The van der Waals surface area contributed by atoms with Crippen LogP contribution in [0.2, 0.25) is 0 Å². The van der Waals surface area contributed by atoms with Crippen molar-refractivity contribution in [3.05, 3.63) is 29.8 Å². The molecule has 3 N–H and O–H groups in total. The first-order valence-corrected chi connectivity index (χ1v) is 10.6. The van der Waals surface area contributed by atoms with Crippen LogP contribution in [0.1, 0.15) is 77.7 Å². The van der Waals surface area contributed by atoms with Crippen LogP contribution in [0.15, 0.2) is 24.3 Å². The number of hydrogen-bond donors (Lipinski definition) is 2. The van der Waals surface area contributed by atoms with Crippen molar-refractivity contribution in [1.82, 2.24) is 0 Å². The van der Waals surface area contributed by atoms with Crippen molar-refractivity contribution in [3.63, 3.8) is 0 Å². The monoisotopic (exact) mass is 361 g/mol. The highest BCUT2D eigenvalue weighted by atomic mass is 16.5. The Morgan fingerprint density at radius 3 is 2.38 bits per heavy atom. The SMILES string of the molecule is CC(C)CCC[C@H](C)Oc1ccc(CCC(N)(CO)CC2CCC2)cc1. The molecule has 0 saturated heterocycles. The minimum Gasteiger partial charge on any atom is -0.491 e. The van der Waals surface area contributed by atoms with Gasteiger partial charge in [0.05, 0.1) is 12.7 Å². The fraction of sp³-hybridized carbons (Fsp3) is 0.739. The van der Waals surface area contributed by atoms with Gasteiger partial charge in [-0.2, -0.15) is 0 Å². The third kappa shape index (κ3) is 7.28. The highest BCUT2D eigenvalue weighted by Gasteiger charge is 2.30. The van der Waals surface area contributed by atoms with Gasteiger partial charge in [-0.15, -0.1) is 0 Å². The molecule has 2 rings (SSSR count). The number of aryl methyl sites for hydroxylation is 1.